The second-order valence-electron chi connectivity index (χ2n) is 7.65. The van der Waals surface area contributed by atoms with E-state index in [4.69, 9.17) is 19.8 Å². The maximum atomic E-state index is 12.3. The molecule has 3 aliphatic rings. The average Bonchev–Trinajstić information content (AvgIpc) is 3.36. The molecule has 4 rings (SSSR count). The minimum absolute atomic E-state index is 0.267. The highest BCUT2D eigenvalue weighted by atomic mass is 19.4. The van der Waals surface area contributed by atoms with E-state index in [1.807, 2.05) is 23.2 Å². The Bertz CT molecular complexity index is 821. The summed E-state index contributed by atoms with van der Waals surface area (Å²) < 4.78 is 63.5. The van der Waals surface area contributed by atoms with Gasteiger partial charge in [0.05, 0.1) is 17.9 Å². The van der Waals surface area contributed by atoms with Crippen LogP contribution in [-0.4, -0.2) is 75.5 Å². The quantitative estimate of drug-likeness (QED) is 0.634. The van der Waals surface area contributed by atoms with E-state index in [2.05, 4.69) is 9.88 Å². The second kappa shape index (κ2) is 10.4. The zero-order valence-corrected chi connectivity index (χ0v) is 17.0. The molecule has 14 heteroatoms. The lowest BCUT2D eigenvalue weighted by atomic mass is 10.1. The number of nitrogens with zero attached hydrogens (tertiary/aromatic N) is 3. The van der Waals surface area contributed by atoms with Crippen LogP contribution in [0.5, 0.6) is 0 Å². The summed E-state index contributed by atoms with van der Waals surface area (Å²) in [6, 6.07) is 4.72. The molecular weight excluding hydrogens is 464 g/mol. The third kappa shape index (κ3) is 7.58. The molecule has 2 N–H and O–H groups in total. The Morgan fingerprint density at radius 1 is 1.00 bits per heavy atom. The number of likely N-dealkylation sites (tertiary alicyclic amines) is 1. The van der Waals surface area contributed by atoms with Crippen LogP contribution in [0.1, 0.15) is 25.7 Å². The first kappa shape index (κ1) is 26.4. The molecule has 0 spiro atoms. The van der Waals surface area contributed by atoms with Crippen molar-refractivity contribution in [1.82, 2.24) is 9.88 Å². The Balaban J connectivity index is 0.000000230. The zero-order chi connectivity index (χ0) is 25.0. The normalized spacial score (nSPS) is 22.6. The van der Waals surface area contributed by atoms with Gasteiger partial charge in [-0.3, -0.25) is 14.7 Å². The van der Waals surface area contributed by atoms with Crippen molar-refractivity contribution >= 4 is 23.5 Å². The van der Waals surface area contributed by atoms with Gasteiger partial charge in [0.1, 0.15) is 0 Å². The van der Waals surface area contributed by atoms with E-state index in [9.17, 15) is 31.1 Å². The molecule has 0 aromatic carbocycles. The average molecular weight is 485 g/mol. The molecule has 2 saturated heterocycles. The zero-order valence-electron chi connectivity index (χ0n) is 17.0. The van der Waals surface area contributed by atoms with Gasteiger partial charge in [-0.2, -0.15) is 26.3 Å². The second-order valence-corrected chi connectivity index (χ2v) is 7.65. The van der Waals surface area contributed by atoms with Crippen molar-refractivity contribution in [3.05, 3.63) is 24.5 Å². The molecule has 1 amide bonds. The number of amides is 1. The third-order valence-corrected chi connectivity index (χ3v) is 5.21. The van der Waals surface area contributed by atoms with Crippen molar-refractivity contribution < 1.29 is 50.9 Å². The van der Waals surface area contributed by atoms with Gasteiger partial charge in [-0.05, 0) is 37.3 Å². The number of carboxylic acids is 2. The number of halogens is 6. The molecule has 2 atom stereocenters. The Kier molecular flexibility index (Phi) is 8.27. The van der Waals surface area contributed by atoms with E-state index < -0.39 is 24.3 Å². The van der Waals surface area contributed by atoms with Crippen LogP contribution in [0.4, 0.5) is 32.0 Å². The molecule has 1 aliphatic carbocycles. The molecule has 0 unspecified atom stereocenters. The lowest BCUT2D eigenvalue weighted by Gasteiger charge is -2.25. The standard InChI is InChI=1S/C15H19N3O.2C2HF3O2/c19-15-8-14-13(5-7-17(14)10-11-3-4-11)18(15)12-2-1-6-16-9-12;2*3-2(4,5)1(6)7/h1-2,6,9,11,13-14H,3-5,7-8,10H2;2*(H,6,7)/t13-,14+;;/m0../s1. The van der Waals surface area contributed by atoms with Gasteiger partial charge in [-0.15, -0.1) is 0 Å². The van der Waals surface area contributed by atoms with Crippen LogP contribution in [0.2, 0.25) is 0 Å². The largest absolute Gasteiger partial charge is 0.490 e. The molecule has 0 bridgehead atoms. The number of hydrogen-bond acceptors (Lipinski definition) is 5. The summed E-state index contributed by atoms with van der Waals surface area (Å²) in [5.74, 6) is -4.34. The van der Waals surface area contributed by atoms with Gasteiger partial charge in [-0.1, -0.05) is 0 Å². The number of pyridine rings is 1. The van der Waals surface area contributed by atoms with Crippen LogP contribution in [0, 0.1) is 5.92 Å². The van der Waals surface area contributed by atoms with E-state index in [1.54, 1.807) is 6.20 Å². The Labute approximate surface area is 183 Å². The maximum Gasteiger partial charge on any atom is 0.490 e. The van der Waals surface area contributed by atoms with Gasteiger partial charge in [0.15, 0.2) is 0 Å². The van der Waals surface area contributed by atoms with Gasteiger partial charge in [0, 0.05) is 31.7 Å². The van der Waals surface area contributed by atoms with Crippen LogP contribution >= 0.6 is 0 Å². The summed E-state index contributed by atoms with van der Waals surface area (Å²) in [5.41, 5.74) is 0.966. The number of fused-ring (bicyclic) bond motifs is 1. The highest BCUT2D eigenvalue weighted by Crippen LogP contribution is 2.38. The number of aromatic nitrogens is 1. The van der Waals surface area contributed by atoms with Crippen molar-refractivity contribution in [3.8, 4) is 0 Å². The van der Waals surface area contributed by atoms with E-state index in [0.717, 1.165) is 24.6 Å². The molecule has 33 heavy (non-hydrogen) atoms. The van der Waals surface area contributed by atoms with Gasteiger partial charge in [-0.25, -0.2) is 9.59 Å². The Hall–Kier alpha value is -2.90. The minimum atomic E-state index is -5.08. The first-order valence-corrected chi connectivity index (χ1v) is 9.78. The van der Waals surface area contributed by atoms with Gasteiger partial charge < -0.3 is 15.1 Å². The molecule has 3 heterocycles. The molecule has 1 aromatic heterocycles. The summed E-state index contributed by atoms with van der Waals surface area (Å²) in [7, 11) is 0. The smallest absolute Gasteiger partial charge is 0.475 e. The number of anilines is 1. The number of carbonyl (C=O) groups is 3. The Morgan fingerprint density at radius 3 is 1.97 bits per heavy atom. The van der Waals surface area contributed by atoms with Crippen LogP contribution in [0.15, 0.2) is 24.5 Å². The summed E-state index contributed by atoms with van der Waals surface area (Å²) >= 11 is 0. The molecule has 8 nitrogen and oxygen atoms in total. The molecule has 0 radical (unpaired) electrons. The number of hydrogen-bond donors (Lipinski definition) is 2. The van der Waals surface area contributed by atoms with Crippen molar-refractivity contribution in [1.29, 1.82) is 0 Å². The number of aliphatic carboxylic acids is 2. The highest BCUT2D eigenvalue weighted by Gasteiger charge is 2.48. The van der Waals surface area contributed by atoms with Crippen molar-refractivity contribution in [2.45, 2.75) is 50.1 Å². The van der Waals surface area contributed by atoms with Crippen LogP contribution < -0.4 is 4.90 Å². The molecule has 1 aromatic rings. The molecular formula is C19H21F6N3O5. The summed E-state index contributed by atoms with van der Waals surface area (Å²) in [4.78, 5) is 38.8. The van der Waals surface area contributed by atoms with E-state index in [-0.39, 0.29) is 5.91 Å². The van der Waals surface area contributed by atoms with Gasteiger partial charge in [0.2, 0.25) is 5.91 Å². The third-order valence-electron chi connectivity index (χ3n) is 5.21. The fourth-order valence-electron chi connectivity index (χ4n) is 3.62. The summed E-state index contributed by atoms with van der Waals surface area (Å²) in [5, 5.41) is 14.2. The molecule has 3 fully saturated rings. The topological polar surface area (TPSA) is 111 Å². The molecule has 184 valence electrons. The first-order chi connectivity index (χ1) is 15.2. The Morgan fingerprint density at radius 2 is 1.55 bits per heavy atom. The highest BCUT2D eigenvalue weighted by molar-refractivity contribution is 5.97. The monoisotopic (exact) mass is 485 g/mol. The fraction of sp³-hybridized carbons (Fsp3) is 0.579. The predicted octanol–water partition coefficient (Wildman–Crippen LogP) is 2.94. The fourth-order valence-corrected chi connectivity index (χ4v) is 3.62. The van der Waals surface area contributed by atoms with Gasteiger partial charge in [0.25, 0.3) is 0 Å². The van der Waals surface area contributed by atoms with Gasteiger partial charge >= 0.3 is 24.3 Å². The lowest BCUT2D eigenvalue weighted by Crippen LogP contribution is -2.38. The van der Waals surface area contributed by atoms with E-state index in [1.165, 1.54) is 19.4 Å². The van der Waals surface area contributed by atoms with E-state index in [0.29, 0.717) is 18.5 Å². The van der Waals surface area contributed by atoms with Crippen LogP contribution in [0.25, 0.3) is 0 Å². The number of rotatable bonds is 3. The lowest BCUT2D eigenvalue weighted by molar-refractivity contribution is -0.193. The number of carbonyl (C=O) groups excluding carboxylic acids is 1. The minimum Gasteiger partial charge on any atom is -0.475 e. The van der Waals surface area contributed by atoms with E-state index >= 15 is 0 Å². The summed E-state index contributed by atoms with van der Waals surface area (Å²) in [6.45, 7) is 2.35. The molecule has 1 saturated carbocycles. The van der Waals surface area contributed by atoms with Crippen LogP contribution in [-0.2, 0) is 14.4 Å². The van der Waals surface area contributed by atoms with Crippen molar-refractivity contribution in [2.75, 3.05) is 18.0 Å². The molecule has 2 aliphatic heterocycles. The maximum absolute atomic E-state index is 12.3. The number of alkyl halides is 6. The first-order valence-electron chi connectivity index (χ1n) is 9.78. The predicted molar refractivity (Wildman–Crippen MR) is 100 cm³/mol. The number of carboxylic acid groups (broad SMARTS) is 2. The van der Waals surface area contributed by atoms with Crippen molar-refractivity contribution in [2.24, 2.45) is 5.92 Å². The van der Waals surface area contributed by atoms with Crippen LogP contribution in [0.3, 0.4) is 0 Å². The SMILES string of the molecule is O=C(O)C(F)(F)F.O=C(O)C(F)(F)F.O=C1C[C@@H]2[C@H](CCN2CC2CC2)N1c1cccnc1. The summed E-state index contributed by atoms with van der Waals surface area (Å²) in [6.07, 6.45) is -2.04. The van der Waals surface area contributed by atoms with Crippen molar-refractivity contribution in [3.63, 3.8) is 0 Å².